The molecule has 0 amide bonds. The zero-order valence-corrected chi connectivity index (χ0v) is 10.1. The second-order valence-corrected chi connectivity index (χ2v) is 4.84. The first-order chi connectivity index (χ1) is 8.78. The van der Waals surface area contributed by atoms with Crippen LogP contribution in [0.15, 0.2) is 10.7 Å². The summed E-state index contributed by atoms with van der Waals surface area (Å²) in [5, 5.41) is 19.4. The van der Waals surface area contributed by atoms with E-state index >= 15 is 0 Å². The van der Waals surface area contributed by atoms with Crippen LogP contribution in [0.25, 0.3) is 11.5 Å². The lowest BCUT2D eigenvalue weighted by atomic mass is 10.1. The van der Waals surface area contributed by atoms with E-state index < -0.39 is 0 Å². The maximum Gasteiger partial charge on any atom is 0.262 e. The van der Waals surface area contributed by atoms with Gasteiger partial charge in [0.1, 0.15) is 11.8 Å². The standard InChI is InChI=1S/C12H13N5O/c1-7-2-3-8(4-7)11-15-12(18-17-11)9-6-14-16-10(9)5-13/h6-8H,2-4H2,1H3,(H,14,16). The largest absolute Gasteiger partial charge is 0.334 e. The van der Waals surface area contributed by atoms with Crippen LogP contribution in [0.4, 0.5) is 0 Å². The Kier molecular flexibility index (Phi) is 2.59. The first-order valence-electron chi connectivity index (χ1n) is 6.05. The fourth-order valence-corrected chi connectivity index (χ4v) is 2.49. The quantitative estimate of drug-likeness (QED) is 0.873. The van der Waals surface area contributed by atoms with Crippen LogP contribution in [0.2, 0.25) is 0 Å². The number of nitrogens with one attached hydrogen (secondary N) is 1. The molecule has 2 unspecified atom stereocenters. The minimum absolute atomic E-state index is 0.352. The predicted molar refractivity (Wildman–Crippen MR) is 62.4 cm³/mol. The molecule has 6 heteroatoms. The van der Waals surface area contributed by atoms with Crippen molar-refractivity contribution in [3.8, 4) is 17.5 Å². The molecule has 1 aliphatic carbocycles. The maximum absolute atomic E-state index is 8.91. The number of hydrogen-bond acceptors (Lipinski definition) is 5. The minimum atomic E-state index is 0.352. The molecule has 18 heavy (non-hydrogen) atoms. The molecule has 1 saturated carbocycles. The van der Waals surface area contributed by atoms with Gasteiger partial charge in [0.25, 0.3) is 5.89 Å². The van der Waals surface area contributed by atoms with Crippen molar-refractivity contribution in [1.29, 1.82) is 5.26 Å². The van der Waals surface area contributed by atoms with E-state index in [1.54, 1.807) is 0 Å². The molecular weight excluding hydrogens is 230 g/mol. The predicted octanol–water partition coefficient (Wildman–Crippen LogP) is 2.23. The van der Waals surface area contributed by atoms with Gasteiger partial charge in [-0.3, -0.25) is 5.10 Å². The van der Waals surface area contributed by atoms with Gasteiger partial charge in [0, 0.05) is 5.92 Å². The number of nitriles is 1. The number of nitrogens with zero attached hydrogens (tertiary/aromatic N) is 4. The molecule has 2 aromatic heterocycles. The Morgan fingerprint density at radius 1 is 1.50 bits per heavy atom. The summed E-state index contributed by atoms with van der Waals surface area (Å²) in [5.74, 6) is 2.23. The molecular formula is C12H13N5O. The van der Waals surface area contributed by atoms with Gasteiger partial charge in [-0.25, -0.2) is 0 Å². The van der Waals surface area contributed by atoms with E-state index in [9.17, 15) is 0 Å². The van der Waals surface area contributed by atoms with Crippen molar-refractivity contribution in [2.45, 2.75) is 32.1 Å². The average Bonchev–Trinajstić information content (AvgIpc) is 3.07. The molecule has 2 heterocycles. The van der Waals surface area contributed by atoms with E-state index in [-0.39, 0.29) is 0 Å². The van der Waals surface area contributed by atoms with Crippen LogP contribution in [0.1, 0.15) is 43.6 Å². The lowest BCUT2D eigenvalue weighted by Gasteiger charge is -2.01. The van der Waals surface area contributed by atoms with Crippen molar-refractivity contribution in [3.63, 3.8) is 0 Å². The third kappa shape index (κ3) is 1.78. The zero-order valence-electron chi connectivity index (χ0n) is 10.1. The van der Waals surface area contributed by atoms with Crippen molar-refractivity contribution in [2.75, 3.05) is 0 Å². The third-order valence-corrected chi connectivity index (χ3v) is 3.48. The molecule has 1 fully saturated rings. The first kappa shape index (κ1) is 11.0. The van der Waals surface area contributed by atoms with Gasteiger partial charge in [0.15, 0.2) is 5.82 Å². The highest BCUT2D eigenvalue weighted by Gasteiger charge is 2.27. The van der Waals surface area contributed by atoms with E-state index in [2.05, 4.69) is 27.3 Å². The molecule has 6 nitrogen and oxygen atoms in total. The van der Waals surface area contributed by atoms with Crippen LogP contribution in [0.5, 0.6) is 0 Å². The molecule has 0 radical (unpaired) electrons. The third-order valence-electron chi connectivity index (χ3n) is 3.48. The minimum Gasteiger partial charge on any atom is -0.334 e. The summed E-state index contributed by atoms with van der Waals surface area (Å²) in [6.07, 6.45) is 4.96. The SMILES string of the molecule is CC1CCC(c2noc(-c3cn[nH]c3C#N)n2)C1. The molecule has 92 valence electrons. The highest BCUT2D eigenvalue weighted by Crippen LogP contribution is 2.37. The van der Waals surface area contributed by atoms with Crippen LogP contribution in [-0.2, 0) is 0 Å². The first-order valence-corrected chi connectivity index (χ1v) is 6.05. The molecule has 2 atom stereocenters. The topological polar surface area (TPSA) is 91.4 Å². The van der Waals surface area contributed by atoms with Gasteiger partial charge in [0.05, 0.1) is 11.8 Å². The van der Waals surface area contributed by atoms with Gasteiger partial charge in [-0.05, 0) is 25.2 Å². The van der Waals surface area contributed by atoms with Crippen molar-refractivity contribution in [2.24, 2.45) is 5.92 Å². The molecule has 0 aliphatic heterocycles. The molecule has 0 bridgehead atoms. The lowest BCUT2D eigenvalue weighted by Crippen LogP contribution is -1.96. The maximum atomic E-state index is 8.91. The fourth-order valence-electron chi connectivity index (χ4n) is 2.49. The van der Waals surface area contributed by atoms with E-state index in [4.69, 9.17) is 9.78 Å². The van der Waals surface area contributed by atoms with Crippen LogP contribution in [0.3, 0.4) is 0 Å². The molecule has 3 rings (SSSR count). The van der Waals surface area contributed by atoms with Gasteiger partial charge in [0.2, 0.25) is 0 Å². The highest BCUT2D eigenvalue weighted by molar-refractivity contribution is 5.59. The summed E-state index contributed by atoms with van der Waals surface area (Å²) in [6.45, 7) is 2.24. The van der Waals surface area contributed by atoms with Crippen molar-refractivity contribution >= 4 is 0 Å². The Hall–Kier alpha value is -2.16. The van der Waals surface area contributed by atoms with E-state index in [0.29, 0.717) is 23.1 Å². The van der Waals surface area contributed by atoms with Crippen molar-refractivity contribution < 1.29 is 4.52 Å². The fraction of sp³-hybridized carbons (Fsp3) is 0.500. The average molecular weight is 243 g/mol. The van der Waals surface area contributed by atoms with Gasteiger partial charge < -0.3 is 4.52 Å². The summed E-state index contributed by atoms with van der Waals surface area (Å²) in [6, 6.07) is 2.01. The van der Waals surface area contributed by atoms with Gasteiger partial charge in [-0.15, -0.1) is 0 Å². The molecule has 0 saturated heterocycles. The Labute approximate surface area is 104 Å². The van der Waals surface area contributed by atoms with Gasteiger partial charge in [-0.1, -0.05) is 12.1 Å². The second-order valence-electron chi connectivity index (χ2n) is 4.84. The number of hydrogen-bond donors (Lipinski definition) is 1. The summed E-state index contributed by atoms with van der Waals surface area (Å²) in [4.78, 5) is 4.39. The second kappa shape index (κ2) is 4.26. The molecule has 2 aromatic rings. The van der Waals surface area contributed by atoms with Crippen LogP contribution in [0, 0.1) is 17.2 Å². The smallest absolute Gasteiger partial charge is 0.262 e. The van der Waals surface area contributed by atoms with Gasteiger partial charge in [-0.2, -0.15) is 15.3 Å². The van der Waals surface area contributed by atoms with Crippen LogP contribution in [-0.4, -0.2) is 20.3 Å². The Balaban J connectivity index is 1.88. The van der Waals surface area contributed by atoms with Crippen molar-refractivity contribution in [3.05, 3.63) is 17.7 Å². The Bertz CT molecular complexity index is 594. The van der Waals surface area contributed by atoms with E-state index in [1.165, 1.54) is 12.6 Å². The molecule has 1 N–H and O–H groups in total. The monoisotopic (exact) mass is 243 g/mol. The van der Waals surface area contributed by atoms with E-state index in [1.807, 2.05) is 6.07 Å². The molecule has 0 spiro atoms. The molecule has 0 aromatic carbocycles. The van der Waals surface area contributed by atoms with E-state index in [0.717, 1.165) is 24.6 Å². The number of aromatic nitrogens is 4. The van der Waals surface area contributed by atoms with Gasteiger partial charge >= 0.3 is 0 Å². The summed E-state index contributed by atoms with van der Waals surface area (Å²) < 4.78 is 5.23. The number of aromatic amines is 1. The summed E-state index contributed by atoms with van der Waals surface area (Å²) in [5.41, 5.74) is 0.923. The molecule has 1 aliphatic rings. The summed E-state index contributed by atoms with van der Waals surface area (Å²) >= 11 is 0. The lowest BCUT2D eigenvalue weighted by molar-refractivity contribution is 0.414. The number of H-pyrrole nitrogens is 1. The van der Waals surface area contributed by atoms with Crippen LogP contribution >= 0.6 is 0 Å². The van der Waals surface area contributed by atoms with Crippen LogP contribution < -0.4 is 0 Å². The van der Waals surface area contributed by atoms with Crippen molar-refractivity contribution in [1.82, 2.24) is 20.3 Å². The zero-order chi connectivity index (χ0) is 12.5. The number of rotatable bonds is 2. The summed E-state index contributed by atoms with van der Waals surface area (Å²) in [7, 11) is 0. The normalized spacial score (nSPS) is 23.1. The highest BCUT2D eigenvalue weighted by atomic mass is 16.5. The Morgan fingerprint density at radius 3 is 3.11 bits per heavy atom. The Morgan fingerprint density at radius 2 is 2.39 bits per heavy atom.